The standard InChI is InChI=1S/C21H28O2/c1-14(22)9-10-15-11-16(15)12-17-13-20(21(2,3)4)23-19-8-6-5-7-18(17)19/h5-8,12-16,22H,9-11H2,1-4H3/b17-12+. The van der Waals surface area contributed by atoms with E-state index in [0.29, 0.717) is 5.92 Å². The van der Waals surface area contributed by atoms with Crippen molar-refractivity contribution in [3.05, 3.63) is 47.7 Å². The molecule has 1 aliphatic carbocycles. The monoisotopic (exact) mass is 312 g/mol. The van der Waals surface area contributed by atoms with Gasteiger partial charge in [0.05, 0.1) is 6.10 Å². The summed E-state index contributed by atoms with van der Waals surface area (Å²) in [4.78, 5) is 0. The molecule has 1 saturated carbocycles. The third-order valence-corrected chi connectivity index (χ3v) is 4.77. The van der Waals surface area contributed by atoms with Gasteiger partial charge in [0.2, 0.25) is 0 Å². The molecule has 3 rings (SSSR count). The number of aliphatic hydroxyl groups excluding tert-OH is 1. The predicted molar refractivity (Wildman–Crippen MR) is 95.1 cm³/mol. The van der Waals surface area contributed by atoms with E-state index in [2.05, 4.69) is 51.1 Å². The van der Waals surface area contributed by atoms with Gasteiger partial charge in [0, 0.05) is 11.0 Å². The molecule has 1 heterocycles. The van der Waals surface area contributed by atoms with Gasteiger partial charge in [0.1, 0.15) is 11.5 Å². The van der Waals surface area contributed by atoms with Gasteiger partial charge in [-0.3, -0.25) is 0 Å². The molecule has 3 unspecified atom stereocenters. The van der Waals surface area contributed by atoms with Crippen LogP contribution in [0.2, 0.25) is 0 Å². The van der Waals surface area contributed by atoms with Gasteiger partial charge in [0.15, 0.2) is 0 Å². The lowest BCUT2D eigenvalue weighted by Crippen LogP contribution is -2.18. The first-order chi connectivity index (χ1) is 10.8. The van der Waals surface area contributed by atoms with Gasteiger partial charge in [0.25, 0.3) is 0 Å². The van der Waals surface area contributed by atoms with Crippen molar-refractivity contribution < 1.29 is 9.84 Å². The molecule has 1 aromatic carbocycles. The highest BCUT2D eigenvalue weighted by atomic mass is 16.5. The average molecular weight is 312 g/mol. The maximum absolute atomic E-state index is 9.45. The van der Waals surface area contributed by atoms with Crippen molar-refractivity contribution in [2.45, 2.75) is 53.1 Å². The molecule has 0 saturated heterocycles. The molecule has 0 aromatic heterocycles. The first-order valence-corrected chi connectivity index (χ1v) is 8.74. The number of aliphatic hydroxyl groups is 1. The lowest BCUT2D eigenvalue weighted by atomic mass is 9.89. The van der Waals surface area contributed by atoms with Crippen LogP contribution in [0.3, 0.4) is 0 Å². The summed E-state index contributed by atoms with van der Waals surface area (Å²) in [6.45, 7) is 8.44. The molecule has 1 N–H and O–H groups in total. The van der Waals surface area contributed by atoms with E-state index in [4.69, 9.17) is 4.74 Å². The second-order valence-corrected chi connectivity index (χ2v) is 8.06. The molecule has 1 aromatic rings. The fourth-order valence-electron chi connectivity index (χ4n) is 3.16. The Balaban J connectivity index is 1.82. The number of hydrogen-bond donors (Lipinski definition) is 1. The van der Waals surface area contributed by atoms with Gasteiger partial charge in [-0.15, -0.1) is 0 Å². The van der Waals surface area contributed by atoms with E-state index in [1.54, 1.807) is 0 Å². The van der Waals surface area contributed by atoms with Crippen LogP contribution in [0.25, 0.3) is 5.57 Å². The van der Waals surface area contributed by atoms with Crippen LogP contribution < -0.4 is 4.74 Å². The molecule has 3 atom stereocenters. The summed E-state index contributed by atoms with van der Waals surface area (Å²) >= 11 is 0. The minimum absolute atomic E-state index is 0.00188. The Morgan fingerprint density at radius 3 is 2.74 bits per heavy atom. The number of benzene rings is 1. The highest BCUT2D eigenvalue weighted by Gasteiger charge is 2.36. The largest absolute Gasteiger partial charge is 0.461 e. The van der Waals surface area contributed by atoms with Gasteiger partial charge >= 0.3 is 0 Å². The van der Waals surface area contributed by atoms with Crippen molar-refractivity contribution in [2.75, 3.05) is 0 Å². The minimum atomic E-state index is -0.180. The number of rotatable bonds is 4. The lowest BCUT2D eigenvalue weighted by Gasteiger charge is -2.28. The summed E-state index contributed by atoms with van der Waals surface area (Å²) < 4.78 is 6.12. The Kier molecular flexibility index (Phi) is 4.37. The van der Waals surface area contributed by atoms with Crippen LogP contribution in [0.15, 0.2) is 42.2 Å². The van der Waals surface area contributed by atoms with Crippen molar-refractivity contribution in [3.8, 4) is 5.75 Å². The number of para-hydroxylation sites is 1. The van der Waals surface area contributed by atoms with E-state index >= 15 is 0 Å². The maximum atomic E-state index is 9.45. The van der Waals surface area contributed by atoms with Crippen molar-refractivity contribution in [1.29, 1.82) is 0 Å². The molecule has 0 amide bonds. The summed E-state index contributed by atoms with van der Waals surface area (Å²) in [6.07, 6.45) is 7.73. The van der Waals surface area contributed by atoms with Crippen molar-refractivity contribution in [1.82, 2.24) is 0 Å². The molecule has 2 nitrogen and oxygen atoms in total. The zero-order chi connectivity index (χ0) is 16.6. The normalized spacial score (nSPS) is 26.3. The molecule has 2 heteroatoms. The van der Waals surface area contributed by atoms with E-state index in [1.165, 1.54) is 17.6 Å². The van der Waals surface area contributed by atoms with Gasteiger partial charge in [-0.1, -0.05) is 45.0 Å². The maximum Gasteiger partial charge on any atom is 0.134 e. The molecular formula is C21H28O2. The summed E-state index contributed by atoms with van der Waals surface area (Å²) in [5.74, 6) is 3.38. The molecule has 2 aliphatic rings. The van der Waals surface area contributed by atoms with E-state index in [0.717, 1.165) is 30.3 Å². The minimum Gasteiger partial charge on any atom is -0.461 e. The van der Waals surface area contributed by atoms with Crippen LogP contribution in [0.4, 0.5) is 0 Å². The number of ether oxygens (including phenoxy) is 1. The number of fused-ring (bicyclic) bond motifs is 1. The highest BCUT2D eigenvalue weighted by Crippen LogP contribution is 2.47. The Hall–Kier alpha value is -1.54. The summed E-state index contributed by atoms with van der Waals surface area (Å²) in [7, 11) is 0. The molecule has 23 heavy (non-hydrogen) atoms. The first kappa shape index (κ1) is 16.3. The Morgan fingerprint density at radius 2 is 2.04 bits per heavy atom. The van der Waals surface area contributed by atoms with Crippen LogP contribution in [0.1, 0.15) is 52.5 Å². The Morgan fingerprint density at radius 1 is 1.30 bits per heavy atom. The number of hydrogen-bond acceptors (Lipinski definition) is 2. The summed E-state index contributed by atoms with van der Waals surface area (Å²) in [5, 5.41) is 9.45. The first-order valence-electron chi connectivity index (χ1n) is 8.74. The SMILES string of the molecule is CC(O)CCC1CC1/C=C1\C=C(C(C)(C)C)Oc2ccccc21. The zero-order valence-electron chi connectivity index (χ0n) is 14.7. The molecule has 1 aliphatic heterocycles. The third-order valence-electron chi connectivity index (χ3n) is 4.77. The predicted octanol–water partition coefficient (Wildman–Crippen LogP) is 5.19. The summed E-state index contributed by atoms with van der Waals surface area (Å²) in [5.41, 5.74) is 2.49. The number of allylic oxidation sites excluding steroid dienone is 4. The van der Waals surface area contributed by atoms with Crippen molar-refractivity contribution in [3.63, 3.8) is 0 Å². The third kappa shape index (κ3) is 3.87. The van der Waals surface area contributed by atoms with E-state index < -0.39 is 0 Å². The van der Waals surface area contributed by atoms with Gasteiger partial charge < -0.3 is 9.84 Å². The fourth-order valence-corrected chi connectivity index (χ4v) is 3.16. The van der Waals surface area contributed by atoms with Gasteiger partial charge in [-0.05, 0) is 55.7 Å². The summed E-state index contributed by atoms with van der Waals surface area (Å²) in [6, 6.07) is 8.30. The molecular weight excluding hydrogens is 284 g/mol. The van der Waals surface area contributed by atoms with E-state index in [9.17, 15) is 5.11 Å². The molecule has 1 fully saturated rings. The topological polar surface area (TPSA) is 29.5 Å². The average Bonchev–Trinajstić information content (AvgIpc) is 3.22. The van der Waals surface area contributed by atoms with Crippen LogP contribution >= 0.6 is 0 Å². The quantitative estimate of drug-likeness (QED) is 0.829. The second kappa shape index (κ2) is 6.16. The highest BCUT2D eigenvalue weighted by molar-refractivity contribution is 5.80. The van der Waals surface area contributed by atoms with Crippen LogP contribution in [-0.4, -0.2) is 11.2 Å². The zero-order valence-corrected chi connectivity index (χ0v) is 14.7. The second-order valence-electron chi connectivity index (χ2n) is 8.06. The van der Waals surface area contributed by atoms with Crippen molar-refractivity contribution in [2.24, 2.45) is 17.3 Å². The van der Waals surface area contributed by atoms with Crippen LogP contribution in [0.5, 0.6) is 5.75 Å². The molecule has 124 valence electrons. The van der Waals surface area contributed by atoms with Crippen molar-refractivity contribution >= 4 is 5.57 Å². The molecule has 0 radical (unpaired) electrons. The van der Waals surface area contributed by atoms with E-state index in [-0.39, 0.29) is 11.5 Å². The van der Waals surface area contributed by atoms with Gasteiger partial charge in [-0.2, -0.15) is 0 Å². The smallest absolute Gasteiger partial charge is 0.134 e. The molecule has 0 bridgehead atoms. The van der Waals surface area contributed by atoms with Gasteiger partial charge in [-0.25, -0.2) is 0 Å². The fraction of sp³-hybridized carbons (Fsp3) is 0.524. The lowest BCUT2D eigenvalue weighted by molar-refractivity contribution is 0.179. The van der Waals surface area contributed by atoms with Crippen LogP contribution in [-0.2, 0) is 0 Å². The van der Waals surface area contributed by atoms with E-state index in [1.807, 2.05) is 13.0 Å². The molecule has 0 spiro atoms. The van der Waals surface area contributed by atoms with Crippen LogP contribution in [0, 0.1) is 17.3 Å². The Labute approximate surface area is 139 Å². The Bertz CT molecular complexity index is 631.